The van der Waals surface area contributed by atoms with E-state index in [-0.39, 0.29) is 11.4 Å². The summed E-state index contributed by atoms with van der Waals surface area (Å²) < 4.78 is 1.19. The minimum absolute atomic E-state index is 0.183. The van der Waals surface area contributed by atoms with E-state index in [1.165, 1.54) is 16.9 Å². The van der Waals surface area contributed by atoms with Crippen molar-refractivity contribution in [2.75, 3.05) is 6.54 Å². The minimum Gasteiger partial charge on any atom is -0.505 e. The molecule has 1 saturated carbocycles. The van der Waals surface area contributed by atoms with E-state index in [1.54, 1.807) is 6.07 Å². The number of halogens is 1. The number of carboxylic acids is 1. The van der Waals surface area contributed by atoms with Gasteiger partial charge in [-0.1, -0.05) is 17.7 Å². The molecule has 0 unspecified atom stereocenters. The van der Waals surface area contributed by atoms with E-state index in [2.05, 4.69) is 15.4 Å². The predicted molar refractivity (Wildman–Crippen MR) is 97.0 cm³/mol. The third kappa shape index (κ3) is 3.31. The van der Waals surface area contributed by atoms with Gasteiger partial charge in [0.05, 0.1) is 0 Å². The standard InChI is InChI=1S/C18H15ClN4O4/c19-12-4-10(9-1-2-9)3-11(5-12)13-6-14(24)16(18(27)20-7-15(25)26)23-17(13)21-8-22-23/h3-6,8-9,24H,1-2,7H2,(H,20,27)(H,25,26). The fourth-order valence-corrected chi connectivity index (χ4v) is 3.30. The number of hydrogen-bond acceptors (Lipinski definition) is 5. The molecule has 0 atom stereocenters. The highest BCUT2D eigenvalue weighted by Crippen LogP contribution is 2.43. The molecule has 0 bridgehead atoms. The number of nitrogens with one attached hydrogen (secondary N) is 1. The van der Waals surface area contributed by atoms with Gasteiger partial charge >= 0.3 is 5.97 Å². The Morgan fingerprint density at radius 2 is 2.04 bits per heavy atom. The molecule has 3 aromatic rings. The molecular formula is C18H15ClN4O4. The SMILES string of the molecule is O=C(O)CNC(=O)c1c(O)cc(-c2cc(Cl)cc(C3CC3)c2)c2ncnn12. The summed E-state index contributed by atoms with van der Waals surface area (Å²) in [6.07, 6.45) is 3.50. The molecule has 2 heterocycles. The molecule has 0 aliphatic heterocycles. The van der Waals surface area contributed by atoms with Gasteiger partial charge in [-0.2, -0.15) is 5.10 Å². The fourth-order valence-electron chi connectivity index (χ4n) is 3.05. The van der Waals surface area contributed by atoms with Gasteiger partial charge < -0.3 is 15.5 Å². The van der Waals surface area contributed by atoms with Crippen LogP contribution in [0, 0.1) is 0 Å². The average Bonchev–Trinajstić information content (AvgIpc) is 3.36. The van der Waals surface area contributed by atoms with Gasteiger partial charge in [0, 0.05) is 10.6 Å². The highest BCUT2D eigenvalue weighted by Gasteiger charge is 2.26. The topological polar surface area (TPSA) is 117 Å². The van der Waals surface area contributed by atoms with Crippen molar-refractivity contribution in [1.29, 1.82) is 0 Å². The number of aromatic hydroxyl groups is 1. The summed E-state index contributed by atoms with van der Waals surface area (Å²) in [4.78, 5) is 27.2. The smallest absolute Gasteiger partial charge is 0.322 e. The number of aromatic nitrogens is 3. The number of pyridine rings is 1. The lowest BCUT2D eigenvalue weighted by Gasteiger charge is -2.12. The third-order valence-electron chi connectivity index (χ3n) is 4.42. The molecule has 1 aliphatic rings. The van der Waals surface area contributed by atoms with Crippen LogP contribution in [0.3, 0.4) is 0 Å². The first-order valence-electron chi connectivity index (χ1n) is 8.30. The number of fused-ring (bicyclic) bond motifs is 1. The molecule has 3 N–H and O–H groups in total. The maximum absolute atomic E-state index is 12.3. The summed E-state index contributed by atoms with van der Waals surface area (Å²) >= 11 is 6.26. The van der Waals surface area contributed by atoms with Gasteiger partial charge in [0.15, 0.2) is 11.3 Å². The van der Waals surface area contributed by atoms with Gasteiger partial charge in [-0.3, -0.25) is 9.59 Å². The van der Waals surface area contributed by atoms with Crippen molar-refractivity contribution < 1.29 is 19.8 Å². The van der Waals surface area contributed by atoms with Gasteiger partial charge in [0.1, 0.15) is 18.6 Å². The Bertz CT molecular complexity index is 1070. The summed E-state index contributed by atoms with van der Waals surface area (Å²) in [6, 6.07) is 7.11. The Labute approximate surface area is 158 Å². The van der Waals surface area contributed by atoms with Crippen molar-refractivity contribution >= 4 is 29.1 Å². The van der Waals surface area contributed by atoms with E-state index in [0.717, 1.165) is 24.0 Å². The minimum atomic E-state index is -1.19. The Hall–Kier alpha value is -3.13. The largest absolute Gasteiger partial charge is 0.505 e. The van der Waals surface area contributed by atoms with Crippen LogP contribution >= 0.6 is 11.6 Å². The monoisotopic (exact) mass is 386 g/mol. The van der Waals surface area contributed by atoms with Crippen molar-refractivity contribution in [1.82, 2.24) is 19.9 Å². The molecule has 0 radical (unpaired) electrons. The van der Waals surface area contributed by atoms with Crippen LogP contribution in [0.1, 0.15) is 34.8 Å². The average molecular weight is 387 g/mol. The van der Waals surface area contributed by atoms with Gasteiger partial charge in [-0.05, 0) is 48.1 Å². The highest BCUT2D eigenvalue weighted by atomic mass is 35.5. The number of aliphatic carboxylic acids is 1. The van der Waals surface area contributed by atoms with Crippen LogP contribution in [0.25, 0.3) is 16.8 Å². The Kier molecular flexibility index (Phi) is 4.19. The predicted octanol–water partition coefficient (Wildman–Crippen LogP) is 2.45. The Morgan fingerprint density at radius 3 is 2.74 bits per heavy atom. The van der Waals surface area contributed by atoms with Crippen LogP contribution in [0.2, 0.25) is 5.02 Å². The van der Waals surface area contributed by atoms with Crippen LogP contribution in [-0.2, 0) is 4.79 Å². The maximum Gasteiger partial charge on any atom is 0.322 e. The van der Waals surface area contributed by atoms with Crippen molar-refractivity contribution in [3.8, 4) is 16.9 Å². The number of carboxylic acid groups (broad SMARTS) is 1. The van der Waals surface area contributed by atoms with Crippen molar-refractivity contribution in [2.45, 2.75) is 18.8 Å². The molecule has 0 spiro atoms. The van der Waals surface area contributed by atoms with E-state index in [1.807, 2.05) is 12.1 Å². The first-order valence-corrected chi connectivity index (χ1v) is 8.68. The molecule has 0 saturated heterocycles. The molecule has 2 aromatic heterocycles. The van der Waals surface area contributed by atoms with Gasteiger partial charge in [-0.25, -0.2) is 9.50 Å². The molecule has 138 valence electrons. The molecular weight excluding hydrogens is 372 g/mol. The second-order valence-electron chi connectivity index (χ2n) is 6.41. The first kappa shape index (κ1) is 17.3. The van der Waals surface area contributed by atoms with E-state index in [9.17, 15) is 14.7 Å². The molecule has 1 aliphatic carbocycles. The van der Waals surface area contributed by atoms with Gasteiger partial charge in [-0.15, -0.1) is 0 Å². The van der Waals surface area contributed by atoms with Crippen molar-refractivity contribution in [2.24, 2.45) is 0 Å². The number of carbonyl (C=O) groups is 2. The quantitative estimate of drug-likeness (QED) is 0.620. The lowest BCUT2D eigenvalue weighted by atomic mass is 10.0. The lowest BCUT2D eigenvalue weighted by molar-refractivity contribution is -0.135. The Morgan fingerprint density at radius 1 is 1.26 bits per heavy atom. The zero-order valence-electron chi connectivity index (χ0n) is 14.0. The van der Waals surface area contributed by atoms with Crippen LogP contribution in [0.15, 0.2) is 30.6 Å². The summed E-state index contributed by atoms with van der Waals surface area (Å²) in [7, 11) is 0. The number of amides is 1. The number of benzene rings is 1. The summed E-state index contributed by atoms with van der Waals surface area (Å²) in [5.41, 5.74) is 2.63. The van der Waals surface area contributed by atoms with E-state index in [0.29, 0.717) is 22.2 Å². The first-order chi connectivity index (χ1) is 12.9. The van der Waals surface area contributed by atoms with Crippen LogP contribution < -0.4 is 5.32 Å². The van der Waals surface area contributed by atoms with Crippen LogP contribution in [0.4, 0.5) is 0 Å². The van der Waals surface area contributed by atoms with Crippen LogP contribution in [0.5, 0.6) is 5.75 Å². The van der Waals surface area contributed by atoms with E-state index < -0.39 is 18.4 Å². The maximum atomic E-state index is 12.3. The van der Waals surface area contributed by atoms with Gasteiger partial charge in [0.2, 0.25) is 0 Å². The number of nitrogens with zero attached hydrogens (tertiary/aromatic N) is 3. The zero-order chi connectivity index (χ0) is 19.1. The molecule has 4 rings (SSSR count). The lowest BCUT2D eigenvalue weighted by Crippen LogP contribution is -2.31. The van der Waals surface area contributed by atoms with Crippen molar-refractivity contribution in [3.63, 3.8) is 0 Å². The molecule has 8 nitrogen and oxygen atoms in total. The zero-order valence-corrected chi connectivity index (χ0v) is 14.8. The molecule has 1 fully saturated rings. The second-order valence-corrected chi connectivity index (χ2v) is 6.85. The third-order valence-corrected chi connectivity index (χ3v) is 4.64. The summed E-state index contributed by atoms with van der Waals surface area (Å²) in [6.45, 7) is -0.574. The normalized spacial score (nSPS) is 13.7. The van der Waals surface area contributed by atoms with Gasteiger partial charge in [0.25, 0.3) is 5.91 Å². The molecule has 9 heteroatoms. The van der Waals surface area contributed by atoms with E-state index >= 15 is 0 Å². The molecule has 1 aromatic carbocycles. The highest BCUT2D eigenvalue weighted by molar-refractivity contribution is 6.31. The summed E-state index contributed by atoms with van der Waals surface area (Å²) in [5, 5.41) is 26.0. The number of rotatable bonds is 5. The van der Waals surface area contributed by atoms with Crippen LogP contribution in [-0.4, -0.2) is 43.2 Å². The van der Waals surface area contributed by atoms with E-state index in [4.69, 9.17) is 16.7 Å². The van der Waals surface area contributed by atoms with Crippen molar-refractivity contribution in [3.05, 3.63) is 46.9 Å². The fraction of sp³-hybridized carbons (Fsp3) is 0.222. The molecule has 27 heavy (non-hydrogen) atoms. The molecule has 1 amide bonds. The number of hydrogen-bond donors (Lipinski definition) is 3. The second kappa shape index (κ2) is 6.55. The Balaban J connectivity index is 1.82. The number of carbonyl (C=O) groups excluding carboxylic acids is 1. The summed E-state index contributed by atoms with van der Waals surface area (Å²) in [5.74, 6) is -1.80.